The zero-order valence-electron chi connectivity index (χ0n) is 16.8. The maximum Gasteiger partial charge on any atom is 0.0546 e. The summed E-state index contributed by atoms with van der Waals surface area (Å²) >= 11 is 0. The Kier molecular flexibility index (Phi) is 3.27. The van der Waals surface area contributed by atoms with E-state index in [2.05, 4.69) is 43.2 Å². The van der Waals surface area contributed by atoms with Crippen LogP contribution in [-0.4, -0.2) is 16.2 Å². The van der Waals surface area contributed by atoms with Crippen molar-refractivity contribution in [1.29, 1.82) is 0 Å². The maximum atomic E-state index is 10.4. The molecule has 4 fully saturated rings. The minimum absolute atomic E-state index is 0.0289. The van der Waals surface area contributed by atoms with Gasteiger partial charge in [0, 0.05) is 12.4 Å². The third kappa shape index (κ3) is 1.98. The minimum atomic E-state index is -0.0289. The van der Waals surface area contributed by atoms with E-state index in [-0.39, 0.29) is 6.10 Å². The van der Waals surface area contributed by atoms with Crippen LogP contribution in [0.2, 0.25) is 0 Å². The van der Waals surface area contributed by atoms with Crippen molar-refractivity contribution in [3.05, 3.63) is 36.2 Å². The van der Waals surface area contributed by atoms with E-state index in [1.165, 1.54) is 44.1 Å². The van der Waals surface area contributed by atoms with Gasteiger partial charge in [0.05, 0.1) is 6.10 Å². The number of hydrogen-bond acceptors (Lipinski definition) is 2. The second kappa shape index (κ2) is 5.26. The summed E-state index contributed by atoms with van der Waals surface area (Å²) in [6.45, 7) is 5.18. The first-order chi connectivity index (χ1) is 13.0. The van der Waals surface area contributed by atoms with Gasteiger partial charge >= 0.3 is 0 Å². The number of aliphatic hydroxyl groups is 1. The number of rotatable bonds is 1. The molecule has 27 heavy (non-hydrogen) atoms. The molecule has 1 aromatic rings. The van der Waals surface area contributed by atoms with Gasteiger partial charge in [-0.25, -0.2) is 0 Å². The van der Waals surface area contributed by atoms with Crippen LogP contribution in [0.5, 0.6) is 0 Å². The summed E-state index contributed by atoms with van der Waals surface area (Å²) in [4.78, 5) is 4.40. The number of nitrogens with zero attached hydrogens (tertiary/aromatic N) is 1. The Morgan fingerprint density at radius 3 is 2.81 bits per heavy atom. The molecule has 1 aromatic heterocycles. The lowest BCUT2D eigenvalue weighted by molar-refractivity contribution is -0.125. The van der Waals surface area contributed by atoms with Crippen molar-refractivity contribution in [2.45, 2.75) is 71.3 Å². The highest BCUT2D eigenvalue weighted by atomic mass is 16.3. The fraction of sp³-hybridized carbons (Fsp3) is 0.720. The van der Waals surface area contributed by atoms with Crippen molar-refractivity contribution in [3.8, 4) is 0 Å². The van der Waals surface area contributed by atoms with Crippen LogP contribution in [0.3, 0.4) is 0 Å². The molecule has 5 aliphatic rings. The fourth-order valence-corrected chi connectivity index (χ4v) is 8.94. The lowest BCUT2D eigenvalue weighted by Gasteiger charge is -2.61. The zero-order valence-corrected chi connectivity index (χ0v) is 16.8. The second-order valence-corrected chi connectivity index (χ2v) is 11.0. The van der Waals surface area contributed by atoms with E-state index in [9.17, 15) is 5.11 Å². The highest BCUT2D eigenvalue weighted by Crippen LogP contribution is 2.80. The van der Waals surface area contributed by atoms with Gasteiger partial charge in [-0.15, -0.1) is 0 Å². The molecule has 1 spiro atoms. The summed E-state index contributed by atoms with van der Waals surface area (Å²) < 4.78 is 0. The lowest BCUT2D eigenvalue weighted by Crippen LogP contribution is -2.54. The summed E-state index contributed by atoms with van der Waals surface area (Å²) in [5.74, 6) is 3.47. The van der Waals surface area contributed by atoms with Crippen LogP contribution in [0.25, 0.3) is 5.57 Å². The van der Waals surface area contributed by atoms with Gasteiger partial charge in [-0.2, -0.15) is 0 Å². The monoisotopic (exact) mass is 363 g/mol. The Bertz CT molecular complexity index is 802. The standard InChI is InChI=1S/C25H33NO/c1-23-9-8-22-19(21(23)6-5-20(23)16-4-3-11-26-15-16)12-17-13-25(17)14-18(27)7-10-24(22,25)2/h3-5,11,15,17-19,21-22,27H,6-10,12-14H2,1-2H3. The van der Waals surface area contributed by atoms with Gasteiger partial charge in [0.25, 0.3) is 0 Å². The molecule has 8 unspecified atom stereocenters. The van der Waals surface area contributed by atoms with Crippen molar-refractivity contribution in [1.82, 2.24) is 4.98 Å². The van der Waals surface area contributed by atoms with Crippen LogP contribution in [0.4, 0.5) is 0 Å². The summed E-state index contributed by atoms with van der Waals surface area (Å²) in [5, 5.41) is 10.4. The Morgan fingerprint density at radius 2 is 2.00 bits per heavy atom. The number of hydrogen-bond donors (Lipinski definition) is 1. The summed E-state index contributed by atoms with van der Waals surface area (Å²) in [6, 6.07) is 4.35. The first-order valence-corrected chi connectivity index (χ1v) is 11.3. The molecule has 0 amide bonds. The average Bonchev–Trinajstić information content (AvgIpc) is 3.24. The van der Waals surface area contributed by atoms with E-state index in [4.69, 9.17) is 0 Å². The van der Waals surface area contributed by atoms with E-state index in [0.29, 0.717) is 16.2 Å². The van der Waals surface area contributed by atoms with E-state index in [0.717, 1.165) is 36.5 Å². The predicted octanol–water partition coefficient (Wildman–Crippen LogP) is 5.48. The molecule has 8 atom stereocenters. The fourth-order valence-electron chi connectivity index (χ4n) is 8.94. The topological polar surface area (TPSA) is 33.1 Å². The first-order valence-electron chi connectivity index (χ1n) is 11.3. The number of pyridine rings is 1. The highest BCUT2D eigenvalue weighted by molar-refractivity contribution is 5.72. The molecule has 144 valence electrons. The number of aliphatic hydroxyl groups excluding tert-OH is 1. The molecule has 4 saturated carbocycles. The minimum Gasteiger partial charge on any atom is -0.393 e. The van der Waals surface area contributed by atoms with Crippen molar-refractivity contribution in [2.75, 3.05) is 0 Å². The molecule has 0 saturated heterocycles. The molecule has 1 N–H and O–H groups in total. The van der Waals surface area contributed by atoms with E-state index >= 15 is 0 Å². The summed E-state index contributed by atoms with van der Waals surface area (Å²) in [6.07, 6.45) is 16.7. The molecular weight excluding hydrogens is 330 g/mol. The molecule has 0 aromatic carbocycles. The second-order valence-electron chi connectivity index (χ2n) is 11.0. The van der Waals surface area contributed by atoms with Gasteiger partial charge < -0.3 is 5.11 Å². The largest absolute Gasteiger partial charge is 0.393 e. The molecule has 5 aliphatic carbocycles. The van der Waals surface area contributed by atoms with Crippen LogP contribution < -0.4 is 0 Å². The number of fused-ring (bicyclic) bond motifs is 4. The Labute approximate surface area is 163 Å². The summed E-state index contributed by atoms with van der Waals surface area (Å²) in [7, 11) is 0. The number of aromatic nitrogens is 1. The van der Waals surface area contributed by atoms with Gasteiger partial charge in [-0.05, 0) is 108 Å². The van der Waals surface area contributed by atoms with Crippen molar-refractivity contribution in [2.24, 2.45) is 39.9 Å². The Balaban J connectivity index is 1.35. The normalized spacial score (nSPS) is 52.9. The van der Waals surface area contributed by atoms with Crippen LogP contribution in [-0.2, 0) is 0 Å². The molecular formula is C25H33NO. The molecule has 0 aliphatic heterocycles. The first kappa shape index (κ1) is 16.8. The van der Waals surface area contributed by atoms with Crippen LogP contribution in [0, 0.1) is 39.9 Å². The van der Waals surface area contributed by atoms with E-state index in [1.54, 1.807) is 5.57 Å². The Morgan fingerprint density at radius 1 is 1.11 bits per heavy atom. The van der Waals surface area contributed by atoms with Gasteiger partial charge in [0.2, 0.25) is 0 Å². The van der Waals surface area contributed by atoms with Crippen LogP contribution in [0.1, 0.15) is 70.8 Å². The number of allylic oxidation sites excluding steroid dienone is 2. The predicted molar refractivity (Wildman–Crippen MR) is 108 cm³/mol. The van der Waals surface area contributed by atoms with Gasteiger partial charge in [-0.1, -0.05) is 26.0 Å². The van der Waals surface area contributed by atoms with Gasteiger partial charge in [0.15, 0.2) is 0 Å². The quantitative estimate of drug-likeness (QED) is 0.717. The molecule has 0 bridgehead atoms. The van der Waals surface area contributed by atoms with Crippen LogP contribution >= 0.6 is 0 Å². The molecule has 6 rings (SSSR count). The lowest BCUT2D eigenvalue weighted by atomic mass is 9.44. The SMILES string of the molecule is CC12CCC3C(CC4CC45CC(O)CCC35C)C1CC=C2c1cccnc1. The molecule has 2 heteroatoms. The molecule has 2 nitrogen and oxygen atoms in total. The van der Waals surface area contributed by atoms with E-state index in [1.807, 2.05) is 6.20 Å². The molecule has 0 radical (unpaired) electrons. The average molecular weight is 364 g/mol. The summed E-state index contributed by atoms with van der Waals surface area (Å²) in [5.41, 5.74) is 4.25. The Hall–Kier alpha value is -1.15. The highest BCUT2D eigenvalue weighted by Gasteiger charge is 2.73. The third-order valence-corrected chi connectivity index (χ3v) is 10.3. The van der Waals surface area contributed by atoms with E-state index < -0.39 is 0 Å². The van der Waals surface area contributed by atoms with Crippen LogP contribution in [0.15, 0.2) is 30.6 Å². The molecule has 1 heterocycles. The third-order valence-electron chi connectivity index (χ3n) is 10.3. The van der Waals surface area contributed by atoms with Crippen molar-refractivity contribution < 1.29 is 5.11 Å². The van der Waals surface area contributed by atoms with Gasteiger partial charge in [-0.3, -0.25) is 4.98 Å². The maximum absolute atomic E-state index is 10.4. The zero-order chi connectivity index (χ0) is 18.4. The van der Waals surface area contributed by atoms with Crippen molar-refractivity contribution in [3.63, 3.8) is 0 Å². The smallest absolute Gasteiger partial charge is 0.0546 e. The van der Waals surface area contributed by atoms with Gasteiger partial charge in [0.1, 0.15) is 0 Å². The van der Waals surface area contributed by atoms with Crippen molar-refractivity contribution >= 4 is 5.57 Å².